The van der Waals surface area contributed by atoms with E-state index in [2.05, 4.69) is 25.5 Å². The van der Waals surface area contributed by atoms with Gasteiger partial charge < -0.3 is 15.3 Å². The zero-order valence-corrected chi connectivity index (χ0v) is 16.2. The standard InChI is InChI=1S/C20H18N6O2S/c27-17(21-13-8-9-15-16(10-13)23-19(28)22-15)11-29-20-25-24-18(12-6-7-12)26(20)14-4-2-1-3-5-14/h1-5,8-10,12H,6-7,11H2,(H,21,27)(H2,22,23,28). The third-order valence-electron chi connectivity index (χ3n) is 4.75. The number of para-hydroxylation sites is 1. The highest BCUT2D eigenvalue weighted by Crippen LogP contribution is 2.41. The van der Waals surface area contributed by atoms with Gasteiger partial charge in [-0.3, -0.25) is 9.36 Å². The molecule has 2 aromatic heterocycles. The number of hydrogen-bond donors (Lipinski definition) is 3. The Balaban J connectivity index is 1.31. The van der Waals surface area contributed by atoms with E-state index in [0.29, 0.717) is 27.8 Å². The smallest absolute Gasteiger partial charge is 0.323 e. The van der Waals surface area contributed by atoms with E-state index in [-0.39, 0.29) is 17.3 Å². The molecule has 0 spiro atoms. The van der Waals surface area contributed by atoms with Crippen LogP contribution in [0.25, 0.3) is 16.7 Å². The number of imidazole rings is 1. The van der Waals surface area contributed by atoms with Crippen molar-refractivity contribution in [1.29, 1.82) is 0 Å². The molecule has 4 aromatic rings. The van der Waals surface area contributed by atoms with E-state index in [0.717, 1.165) is 24.4 Å². The molecule has 2 heterocycles. The van der Waals surface area contributed by atoms with Gasteiger partial charge in [0.15, 0.2) is 5.16 Å². The molecule has 9 heteroatoms. The van der Waals surface area contributed by atoms with Crippen LogP contribution in [0.3, 0.4) is 0 Å². The maximum atomic E-state index is 12.5. The van der Waals surface area contributed by atoms with Gasteiger partial charge in [-0.15, -0.1) is 10.2 Å². The van der Waals surface area contributed by atoms with Gasteiger partial charge in [-0.25, -0.2) is 4.79 Å². The first-order valence-electron chi connectivity index (χ1n) is 9.33. The summed E-state index contributed by atoms with van der Waals surface area (Å²) < 4.78 is 2.05. The Hall–Kier alpha value is -3.33. The SMILES string of the molecule is O=C(CSc1nnc(C2CC2)n1-c1ccccc1)Nc1ccc2[nH]c(=O)[nH]c2c1. The van der Waals surface area contributed by atoms with Crippen molar-refractivity contribution in [2.45, 2.75) is 23.9 Å². The van der Waals surface area contributed by atoms with Gasteiger partial charge in [-0.2, -0.15) is 0 Å². The number of fused-ring (bicyclic) bond motifs is 1. The van der Waals surface area contributed by atoms with Crippen LogP contribution in [0.2, 0.25) is 0 Å². The number of carbonyl (C=O) groups is 1. The lowest BCUT2D eigenvalue weighted by Crippen LogP contribution is -2.14. The molecule has 1 amide bonds. The molecule has 0 unspecified atom stereocenters. The van der Waals surface area contributed by atoms with Crippen molar-refractivity contribution < 1.29 is 4.79 Å². The Morgan fingerprint density at radius 1 is 1.10 bits per heavy atom. The van der Waals surface area contributed by atoms with Gasteiger partial charge in [0.2, 0.25) is 5.91 Å². The zero-order chi connectivity index (χ0) is 19.8. The lowest BCUT2D eigenvalue weighted by molar-refractivity contribution is -0.113. The van der Waals surface area contributed by atoms with E-state index >= 15 is 0 Å². The summed E-state index contributed by atoms with van der Waals surface area (Å²) in [6.07, 6.45) is 2.25. The van der Waals surface area contributed by atoms with Gasteiger partial charge in [0.05, 0.1) is 16.8 Å². The van der Waals surface area contributed by atoms with Crippen LogP contribution in [-0.2, 0) is 4.79 Å². The number of anilines is 1. The van der Waals surface area contributed by atoms with Crippen LogP contribution >= 0.6 is 11.8 Å². The number of thioether (sulfide) groups is 1. The fraction of sp³-hybridized carbons (Fsp3) is 0.200. The molecular formula is C20H18N6O2S. The maximum Gasteiger partial charge on any atom is 0.323 e. The molecule has 2 aromatic carbocycles. The molecule has 0 bridgehead atoms. The first kappa shape index (κ1) is 17.7. The number of H-pyrrole nitrogens is 2. The Bertz CT molecular complexity index is 1240. The van der Waals surface area contributed by atoms with E-state index in [1.165, 1.54) is 11.8 Å². The molecule has 0 atom stereocenters. The second-order valence-electron chi connectivity index (χ2n) is 6.96. The summed E-state index contributed by atoms with van der Waals surface area (Å²) >= 11 is 1.36. The number of benzene rings is 2. The number of aromatic nitrogens is 5. The molecule has 1 saturated carbocycles. The van der Waals surface area contributed by atoms with Gasteiger partial charge in [0, 0.05) is 17.3 Å². The van der Waals surface area contributed by atoms with E-state index in [1.807, 2.05) is 34.9 Å². The number of aromatic amines is 2. The van der Waals surface area contributed by atoms with Gasteiger partial charge in [0.25, 0.3) is 0 Å². The summed E-state index contributed by atoms with van der Waals surface area (Å²) in [5, 5.41) is 12.3. The van der Waals surface area contributed by atoms with Crippen molar-refractivity contribution in [2.24, 2.45) is 0 Å². The van der Waals surface area contributed by atoms with Crippen molar-refractivity contribution >= 4 is 34.4 Å². The molecule has 146 valence electrons. The lowest BCUT2D eigenvalue weighted by atomic mass is 10.3. The van der Waals surface area contributed by atoms with Crippen molar-refractivity contribution in [3.63, 3.8) is 0 Å². The van der Waals surface area contributed by atoms with Crippen molar-refractivity contribution in [3.05, 3.63) is 64.8 Å². The molecule has 29 heavy (non-hydrogen) atoms. The minimum atomic E-state index is -0.272. The van der Waals surface area contributed by atoms with E-state index in [4.69, 9.17) is 0 Å². The second-order valence-corrected chi connectivity index (χ2v) is 7.90. The van der Waals surface area contributed by atoms with Gasteiger partial charge in [0.1, 0.15) is 5.82 Å². The molecule has 3 N–H and O–H groups in total. The van der Waals surface area contributed by atoms with Crippen molar-refractivity contribution in [2.75, 3.05) is 11.1 Å². The fourth-order valence-corrected chi connectivity index (χ4v) is 4.00. The molecule has 1 aliphatic carbocycles. The summed E-state index contributed by atoms with van der Waals surface area (Å²) in [5.41, 5.74) is 2.71. The molecule has 8 nitrogen and oxygen atoms in total. The Labute approximate surface area is 169 Å². The van der Waals surface area contributed by atoms with Crippen LogP contribution in [0, 0.1) is 0 Å². The fourth-order valence-electron chi connectivity index (χ4n) is 3.24. The summed E-state index contributed by atoms with van der Waals surface area (Å²) in [7, 11) is 0. The summed E-state index contributed by atoms with van der Waals surface area (Å²) in [5.74, 6) is 1.46. The van der Waals surface area contributed by atoms with E-state index in [1.54, 1.807) is 18.2 Å². The monoisotopic (exact) mass is 406 g/mol. The first-order valence-corrected chi connectivity index (χ1v) is 10.3. The van der Waals surface area contributed by atoms with E-state index in [9.17, 15) is 9.59 Å². The van der Waals surface area contributed by atoms with Crippen LogP contribution in [-0.4, -0.2) is 36.4 Å². The number of nitrogens with zero attached hydrogens (tertiary/aromatic N) is 3. The minimum Gasteiger partial charge on any atom is -0.325 e. The number of hydrogen-bond acceptors (Lipinski definition) is 5. The third-order valence-corrected chi connectivity index (χ3v) is 5.68. The third kappa shape index (κ3) is 3.68. The molecule has 0 saturated heterocycles. The number of rotatable bonds is 6. The van der Waals surface area contributed by atoms with Crippen molar-refractivity contribution in [1.82, 2.24) is 24.7 Å². The number of carbonyl (C=O) groups excluding carboxylic acids is 1. The molecule has 1 fully saturated rings. The predicted octanol–water partition coefficient (Wildman–Crippen LogP) is 3.05. The predicted molar refractivity (Wildman–Crippen MR) is 112 cm³/mol. The van der Waals surface area contributed by atoms with Crippen LogP contribution in [0.1, 0.15) is 24.6 Å². The number of amides is 1. The second kappa shape index (κ2) is 7.25. The quantitative estimate of drug-likeness (QED) is 0.427. The largest absolute Gasteiger partial charge is 0.325 e. The molecular weight excluding hydrogens is 388 g/mol. The minimum absolute atomic E-state index is 0.150. The average molecular weight is 406 g/mol. The topological polar surface area (TPSA) is 108 Å². The normalized spacial score (nSPS) is 13.7. The first-order chi connectivity index (χ1) is 14.2. The highest BCUT2D eigenvalue weighted by molar-refractivity contribution is 7.99. The zero-order valence-electron chi connectivity index (χ0n) is 15.4. The Kier molecular flexibility index (Phi) is 4.44. The molecule has 0 aliphatic heterocycles. The lowest BCUT2D eigenvalue weighted by Gasteiger charge is -2.10. The molecule has 5 rings (SSSR count). The Morgan fingerprint density at radius 3 is 2.69 bits per heavy atom. The van der Waals surface area contributed by atoms with Gasteiger partial charge in [-0.05, 0) is 43.2 Å². The van der Waals surface area contributed by atoms with Crippen LogP contribution < -0.4 is 11.0 Å². The molecule has 0 radical (unpaired) electrons. The summed E-state index contributed by atoms with van der Waals surface area (Å²) in [6, 6.07) is 15.2. The summed E-state index contributed by atoms with van der Waals surface area (Å²) in [6.45, 7) is 0. The highest BCUT2D eigenvalue weighted by Gasteiger charge is 2.31. The Morgan fingerprint density at radius 2 is 1.90 bits per heavy atom. The van der Waals surface area contributed by atoms with Crippen LogP contribution in [0.4, 0.5) is 5.69 Å². The number of nitrogens with one attached hydrogen (secondary N) is 3. The van der Waals surface area contributed by atoms with Gasteiger partial charge in [-0.1, -0.05) is 30.0 Å². The maximum absolute atomic E-state index is 12.5. The summed E-state index contributed by atoms with van der Waals surface area (Å²) in [4.78, 5) is 29.2. The van der Waals surface area contributed by atoms with Crippen LogP contribution in [0.5, 0.6) is 0 Å². The molecule has 1 aliphatic rings. The highest BCUT2D eigenvalue weighted by atomic mass is 32.2. The average Bonchev–Trinajstić information content (AvgIpc) is 3.37. The van der Waals surface area contributed by atoms with Crippen molar-refractivity contribution in [3.8, 4) is 5.69 Å². The van der Waals surface area contributed by atoms with E-state index < -0.39 is 0 Å². The van der Waals surface area contributed by atoms with Crippen LogP contribution in [0.15, 0.2) is 58.5 Å². The van der Waals surface area contributed by atoms with Gasteiger partial charge >= 0.3 is 5.69 Å².